The van der Waals surface area contributed by atoms with Crippen molar-refractivity contribution in [1.82, 2.24) is 9.97 Å². The maximum absolute atomic E-state index is 4.46. The zero-order valence-corrected chi connectivity index (χ0v) is 25.9. The second-order valence-corrected chi connectivity index (χ2v) is 12.1. The van der Waals surface area contributed by atoms with Crippen LogP contribution in [0.2, 0.25) is 0 Å². The summed E-state index contributed by atoms with van der Waals surface area (Å²) in [6.45, 7) is 4.32. The van der Waals surface area contributed by atoms with Gasteiger partial charge in [0.05, 0.1) is 0 Å². The molecule has 0 amide bonds. The number of aromatic nitrogens is 2. The van der Waals surface area contributed by atoms with Gasteiger partial charge in [-0.05, 0) is 116 Å². The maximum Gasteiger partial charge on any atom is 0.0346 e. The van der Waals surface area contributed by atoms with Crippen LogP contribution in [0.25, 0.3) is 77.2 Å². The summed E-state index contributed by atoms with van der Waals surface area (Å²) >= 11 is 0. The lowest BCUT2D eigenvalue weighted by Crippen LogP contribution is -1.92. The standard InChI is InChI=1S/C44H32N2/c1-29-9-3-11-31(21-29)41-23-35(25-43-37(15-5-17-39(41)43)33-13-7-19-45-27-33)36-24-42(32-12-4-10-30(2)22-32)40-18-6-16-38(44(40)26-36)34-14-8-20-46-28-34/h3-28H,1-2H3. The van der Waals surface area contributed by atoms with Crippen molar-refractivity contribution >= 4 is 21.5 Å². The van der Waals surface area contributed by atoms with E-state index in [1.54, 1.807) is 0 Å². The van der Waals surface area contributed by atoms with Gasteiger partial charge in [0.25, 0.3) is 0 Å². The second-order valence-electron chi connectivity index (χ2n) is 12.1. The number of hydrogen-bond acceptors (Lipinski definition) is 2. The third-order valence-corrected chi connectivity index (χ3v) is 8.93. The number of hydrogen-bond donors (Lipinski definition) is 0. The summed E-state index contributed by atoms with van der Waals surface area (Å²) in [5.74, 6) is 0. The van der Waals surface area contributed by atoms with Gasteiger partial charge in [-0.2, -0.15) is 0 Å². The Morgan fingerprint density at radius 2 is 0.761 bits per heavy atom. The molecule has 0 aliphatic carbocycles. The van der Waals surface area contributed by atoms with Gasteiger partial charge in [-0.15, -0.1) is 0 Å². The highest BCUT2D eigenvalue weighted by Crippen LogP contribution is 2.42. The number of benzene rings is 6. The highest BCUT2D eigenvalue weighted by molar-refractivity contribution is 6.10. The molecule has 8 aromatic rings. The van der Waals surface area contributed by atoms with Crippen LogP contribution < -0.4 is 0 Å². The molecule has 0 unspecified atom stereocenters. The molecule has 0 saturated carbocycles. The lowest BCUT2D eigenvalue weighted by Gasteiger charge is -2.18. The maximum atomic E-state index is 4.46. The number of pyridine rings is 2. The normalized spacial score (nSPS) is 11.3. The Hall–Kier alpha value is -5.86. The topological polar surface area (TPSA) is 25.8 Å². The van der Waals surface area contributed by atoms with E-state index in [1.165, 1.54) is 77.2 Å². The SMILES string of the molecule is Cc1cccc(-c2cc(-c3cc(-c4cccc(C)c4)c4cccc(-c5cccnc5)c4c3)cc3c(-c4cccnc4)cccc23)c1. The van der Waals surface area contributed by atoms with E-state index >= 15 is 0 Å². The zero-order valence-electron chi connectivity index (χ0n) is 25.9. The lowest BCUT2D eigenvalue weighted by atomic mass is 9.86. The quantitative estimate of drug-likeness (QED) is 0.200. The molecule has 0 fully saturated rings. The lowest BCUT2D eigenvalue weighted by molar-refractivity contribution is 1.33. The Balaban J connectivity index is 1.47. The third-order valence-electron chi connectivity index (χ3n) is 8.93. The molecule has 8 rings (SSSR count). The first kappa shape index (κ1) is 27.7. The smallest absolute Gasteiger partial charge is 0.0346 e. The van der Waals surface area contributed by atoms with Crippen molar-refractivity contribution in [2.45, 2.75) is 13.8 Å². The van der Waals surface area contributed by atoms with Gasteiger partial charge >= 0.3 is 0 Å². The summed E-state index contributed by atoms with van der Waals surface area (Å²) < 4.78 is 0. The van der Waals surface area contributed by atoms with Crippen LogP contribution in [0.4, 0.5) is 0 Å². The van der Waals surface area contributed by atoms with E-state index < -0.39 is 0 Å². The van der Waals surface area contributed by atoms with E-state index in [1.807, 2.05) is 36.9 Å². The van der Waals surface area contributed by atoms with Crippen LogP contribution in [0.1, 0.15) is 11.1 Å². The van der Waals surface area contributed by atoms with Gasteiger partial charge in [0.2, 0.25) is 0 Å². The Morgan fingerprint density at radius 1 is 0.326 bits per heavy atom. The fourth-order valence-electron chi connectivity index (χ4n) is 6.76. The Kier molecular flexibility index (Phi) is 6.96. The summed E-state index contributed by atoms with van der Waals surface area (Å²) in [6.07, 6.45) is 7.58. The van der Waals surface area contributed by atoms with E-state index in [0.717, 1.165) is 11.1 Å². The molecule has 0 saturated heterocycles. The van der Waals surface area contributed by atoms with Crippen LogP contribution in [0, 0.1) is 13.8 Å². The molecular weight excluding hydrogens is 556 g/mol. The minimum absolute atomic E-state index is 1.11. The molecule has 0 aliphatic heterocycles. The van der Waals surface area contributed by atoms with E-state index in [9.17, 15) is 0 Å². The molecule has 2 aromatic heterocycles. The fourth-order valence-corrected chi connectivity index (χ4v) is 6.76. The third kappa shape index (κ3) is 5.04. The van der Waals surface area contributed by atoms with Gasteiger partial charge in [0, 0.05) is 35.9 Å². The second kappa shape index (κ2) is 11.6. The van der Waals surface area contributed by atoms with Gasteiger partial charge in [-0.25, -0.2) is 0 Å². The molecule has 0 spiro atoms. The van der Waals surface area contributed by atoms with Crippen LogP contribution in [-0.2, 0) is 0 Å². The molecule has 6 aromatic carbocycles. The molecule has 0 atom stereocenters. The van der Waals surface area contributed by atoms with Crippen molar-refractivity contribution in [3.8, 4) is 55.6 Å². The van der Waals surface area contributed by atoms with Crippen LogP contribution >= 0.6 is 0 Å². The largest absolute Gasteiger partial charge is 0.264 e. The molecule has 0 radical (unpaired) electrons. The molecule has 0 bridgehead atoms. The summed E-state index contributed by atoms with van der Waals surface area (Å²) in [5, 5.41) is 4.88. The van der Waals surface area contributed by atoms with Crippen LogP contribution in [0.15, 0.2) is 158 Å². The average Bonchev–Trinajstić information content (AvgIpc) is 3.11. The van der Waals surface area contributed by atoms with Crippen molar-refractivity contribution in [2.24, 2.45) is 0 Å². The summed E-state index contributed by atoms with van der Waals surface area (Å²) in [7, 11) is 0. The first-order valence-corrected chi connectivity index (χ1v) is 15.7. The first-order valence-electron chi connectivity index (χ1n) is 15.7. The monoisotopic (exact) mass is 588 g/mol. The van der Waals surface area contributed by atoms with Gasteiger partial charge in [-0.1, -0.05) is 108 Å². The summed E-state index contributed by atoms with van der Waals surface area (Å²) in [4.78, 5) is 8.92. The van der Waals surface area contributed by atoms with Gasteiger partial charge in [-0.3, -0.25) is 9.97 Å². The Labute approximate surface area is 269 Å². The van der Waals surface area contributed by atoms with Crippen molar-refractivity contribution in [3.63, 3.8) is 0 Å². The number of fused-ring (bicyclic) bond motifs is 2. The molecule has 2 heteroatoms. The molecule has 46 heavy (non-hydrogen) atoms. The predicted molar refractivity (Wildman–Crippen MR) is 194 cm³/mol. The molecule has 0 aliphatic rings. The van der Waals surface area contributed by atoms with Crippen LogP contribution in [-0.4, -0.2) is 9.97 Å². The molecule has 218 valence electrons. The highest BCUT2D eigenvalue weighted by Gasteiger charge is 2.16. The van der Waals surface area contributed by atoms with Crippen molar-refractivity contribution in [2.75, 3.05) is 0 Å². The zero-order chi connectivity index (χ0) is 31.0. The number of nitrogens with zero attached hydrogens (tertiary/aromatic N) is 2. The fraction of sp³-hybridized carbons (Fsp3) is 0.0455. The van der Waals surface area contributed by atoms with Crippen molar-refractivity contribution in [1.29, 1.82) is 0 Å². The van der Waals surface area contributed by atoms with Crippen LogP contribution in [0.5, 0.6) is 0 Å². The molecule has 2 nitrogen and oxygen atoms in total. The highest BCUT2D eigenvalue weighted by atomic mass is 14.6. The summed E-state index contributed by atoms with van der Waals surface area (Å²) in [5.41, 5.74) is 14.3. The van der Waals surface area contributed by atoms with E-state index in [0.29, 0.717) is 0 Å². The van der Waals surface area contributed by atoms with Gasteiger partial charge in [0.15, 0.2) is 0 Å². The van der Waals surface area contributed by atoms with E-state index in [2.05, 4.69) is 145 Å². The van der Waals surface area contributed by atoms with Crippen LogP contribution in [0.3, 0.4) is 0 Å². The molecular formula is C44H32N2. The van der Waals surface area contributed by atoms with Gasteiger partial charge in [0.1, 0.15) is 0 Å². The molecule has 2 heterocycles. The van der Waals surface area contributed by atoms with E-state index in [-0.39, 0.29) is 0 Å². The number of rotatable bonds is 5. The van der Waals surface area contributed by atoms with Crippen molar-refractivity contribution in [3.05, 3.63) is 169 Å². The molecule has 0 N–H and O–H groups in total. The van der Waals surface area contributed by atoms with Crippen molar-refractivity contribution < 1.29 is 0 Å². The van der Waals surface area contributed by atoms with Gasteiger partial charge < -0.3 is 0 Å². The minimum atomic E-state index is 1.11. The predicted octanol–water partition coefficient (Wildman–Crippen LogP) is 11.7. The Morgan fingerprint density at radius 3 is 1.17 bits per heavy atom. The first-order chi connectivity index (χ1) is 22.6. The summed E-state index contributed by atoms with van der Waals surface area (Å²) in [6, 6.07) is 48.7. The minimum Gasteiger partial charge on any atom is -0.264 e. The number of aryl methyl sites for hydroxylation is 2. The van der Waals surface area contributed by atoms with E-state index in [4.69, 9.17) is 0 Å². The Bertz CT molecular complexity index is 2200. The average molecular weight is 589 g/mol.